The largest absolute Gasteiger partial charge is 0.496 e. The van der Waals surface area contributed by atoms with Crippen LogP contribution in [0.2, 0.25) is 0 Å². The molecule has 2 aromatic rings. The summed E-state index contributed by atoms with van der Waals surface area (Å²) in [7, 11) is 1.71. The van der Waals surface area contributed by atoms with E-state index in [2.05, 4.69) is 65.2 Å². The predicted molar refractivity (Wildman–Crippen MR) is 98.6 cm³/mol. The van der Waals surface area contributed by atoms with E-state index in [1.54, 1.807) is 18.4 Å². The monoisotopic (exact) mass is 331 g/mol. The SMILES string of the molecule is CCNC(=NCc1cccs1)NCCc1ccc(C)c(OC)c1. The van der Waals surface area contributed by atoms with Crippen LogP contribution in [0, 0.1) is 6.92 Å². The van der Waals surface area contributed by atoms with Gasteiger partial charge in [0.05, 0.1) is 13.7 Å². The van der Waals surface area contributed by atoms with Crippen molar-refractivity contribution in [2.45, 2.75) is 26.8 Å². The summed E-state index contributed by atoms with van der Waals surface area (Å²) in [5, 5.41) is 8.75. The second kappa shape index (κ2) is 9.20. The minimum absolute atomic E-state index is 0.714. The van der Waals surface area contributed by atoms with E-state index in [-0.39, 0.29) is 0 Å². The second-order valence-electron chi connectivity index (χ2n) is 5.26. The standard InChI is InChI=1S/C18H25N3OS/c1-4-19-18(21-13-16-6-5-11-23-16)20-10-9-15-8-7-14(2)17(12-15)22-3/h5-8,11-12H,4,9-10,13H2,1-3H3,(H2,19,20,21). The van der Waals surface area contributed by atoms with Crippen molar-refractivity contribution in [3.8, 4) is 5.75 Å². The van der Waals surface area contributed by atoms with Gasteiger partial charge in [0.15, 0.2) is 5.96 Å². The van der Waals surface area contributed by atoms with Crippen molar-refractivity contribution in [1.82, 2.24) is 10.6 Å². The summed E-state index contributed by atoms with van der Waals surface area (Å²) >= 11 is 1.73. The Bertz CT molecular complexity index is 623. The summed E-state index contributed by atoms with van der Waals surface area (Å²) < 4.78 is 5.38. The number of guanidine groups is 1. The predicted octanol–water partition coefficient (Wildman–Crippen LogP) is 3.36. The topological polar surface area (TPSA) is 45.7 Å². The van der Waals surface area contributed by atoms with Crippen molar-refractivity contribution in [3.05, 3.63) is 51.7 Å². The molecule has 1 aromatic carbocycles. The molecule has 0 atom stereocenters. The van der Waals surface area contributed by atoms with Crippen molar-refractivity contribution in [2.75, 3.05) is 20.2 Å². The van der Waals surface area contributed by atoms with E-state index in [4.69, 9.17) is 4.74 Å². The van der Waals surface area contributed by atoms with Crippen molar-refractivity contribution in [3.63, 3.8) is 0 Å². The third-order valence-corrected chi connectivity index (χ3v) is 4.36. The number of rotatable bonds is 7. The number of hydrogen-bond acceptors (Lipinski definition) is 3. The highest BCUT2D eigenvalue weighted by atomic mass is 32.1. The highest BCUT2D eigenvalue weighted by Gasteiger charge is 2.02. The van der Waals surface area contributed by atoms with Gasteiger partial charge in [-0.15, -0.1) is 11.3 Å². The van der Waals surface area contributed by atoms with Crippen LogP contribution < -0.4 is 15.4 Å². The zero-order valence-electron chi connectivity index (χ0n) is 14.1. The van der Waals surface area contributed by atoms with E-state index in [0.717, 1.165) is 36.8 Å². The van der Waals surface area contributed by atoms with Gasteiger partial charge in [-0.25, -0.2) is 4.99 Å². The van der Waals surface area contributed by atoms with Crippen LogP contribution in [0.25, 0.3) is 0 Å². The molecule has 0 spiro atoms. The first-order valence-electron chi connectivity index (χ1n) is 7.91. The fourth-order valence-electron chi connectivity index (χ4n) is 2.25. The van der Waals surface area contributed by atoms with Gasteiger partial charge in [-0.05, 0) is 48.9 Å². The van der Waals surface area contributed by atoms with Crippen LogP contribution in [-0.4, -0.2) is 26.2 Å². The average molecular weight is 331 g/mol. The Morgan fingerprint density at radius 1 is 1.26 bits per heavy atom. The molecular weight excluding hydrogens is 306 g/mol. The molecule has 5 heteroatoms. The Kier molecular flexibility index (Phi) is 6.94. The van der Waals surface area contributed by atoms with E-state index in [0.29, 0.717) is 6.54 Å². The van der Waals surface area contributed by atoms with Crippen LogP contribution in [0.5, 0.6) is 5.75 Å². The molecule has 0 fully saturated rings. The Morgan fingerprint density at radius 2 is 2.13 bits per heavy atom. The Hall–Kier alpha value is -2.01. The third-order valence-electron chi connectivity index (χ3n) is 3.50. The second-order valence-corrected chi connectivity index (χ2v) is 6.29. The lowest BCUT2D eigenvalue weighted by molar-refractivity contribution is 0.411. The van der Waals surface area contributed by atoms with Crippen molar-refractivity contribution in [2.24, 2.45) is 4.99 Å². The third kappa shape index (κ3) is 5.60. The smallest absolute Gasteiger partial charge is 0.191 e. The quantitative estimate of drug-likeness (QED) is 0.604. The number of thiophene rings is 1. The maximum atomic E-state index is 5.38. The highest BCUT2D eigenvalue weighted by Crippen LogP contribution is 2.19. The van der Waals surface area contributed by atoms with Crippen LogP contribution in [0.1, 0.15) is 22.9 Å². The molecule has 0 bridgehead atoms. The number of aryl methyl sites for hydroxylation is 1. The average Bonchev–Trinajstić information content (AvgIpc) is 3.07. The van der Waals surface area contributed by atoms with E-state index < -0.39 is 0 Å². The molecule has 0 unspecified atom stereocenters. The number of hydrogen-bond donors (Lipinski definition) is 2. The summed E-state index contributed by atoms with van der Waals surface area (Å²) in [4.78, 5) is 5.88. The summed E-state index contributed by atoms with van der Waals surface area (Å²) in [6.45, 7) is 6.54. The molecule has 0 saturated carbocycles. The lowest BCUT2D eigenvalue weighted by atomic mass is 10.1. The van der Waals surface area contributed by atoms with Gasteiger partial charge in [0, 0.05) is 18.0 Å². The minimum atomic E-state index is 0.714. The lowest BCUT2D eigenvalue weighted by Crippen LogP contribution is -2.38. The fourth-order valence-corrected chi connectivity index (χ4v) is 2.87. The molecule has 0 amide bonds. The Labute approximate surface area is 142 Å². The van der Waals surface area contributed by atoms with Gasteiger partial charge in [0.1, 0.15) is 5.75 Å². The number of ether oxygens (including phenoxy) is 1. The van der Waals surface area contributed by atoms with Crippen molar-refractivity contribution < 1.29 is 4.74 Å². The molecular formula is C18H25N3OS. The summed E-state index contributed by atoms with van der Waals surface area (Å²) in [6.07, 6.45) is 0.931. The number of nitrogens with one attached hydrogen (secondary N) is 2. The first-order chi connectivity index (χ1) is 11.2. The van der Waals surface area contributed by atoms with E-state index in [1.165, 1.54) is 10.4 Å². The van der Waals surface area contributed by atoms with Gasteiger partial charge in [-0.3, -0.25) is 0 Å². The molecule has 0 radical (unpaired) electrons. The first kappa shape index (κ1) is 17.3. The van der Waals surface area contributed by atoms with Crippen molar-refractivity contribution >= 4 is 17.3 Å². The van der Waals surface area contributed by atoms with Crippen LogP contribution in [0.4, 0.5) is 0 Å². The normalized spacial score (nSPS) is 11.3. The zero-order chi connectivity index (χ0) is 16.5. The van der Waals surface area contributed by atoms with E-state index in [1.807, 2.05) is 0 Å². The van der Waals surface area contributed by atoms with Gasteiger partial charge >= 0.3 is 0 Å². The van der Waals surface area contributed by atoms with Gasteiger partial charge in [-0.1, -0.05) is 18.2 Å². The molecule has 0 aliphatic heterocycles. The molecule has 2 N–H and O–H groups in total. The lowest BCUT2D eigenvalue weighted by Gasteiger charge is -2.12. The maximum Gasteiger partial charge on any atom is 0.191 e. The minimum Gasteiger partial charge on any atom is -0.496 e. The van der Waals surface area contributed by atoms with Crippen LogP contribution in [0.3, 0.4) is 0 Å². The summed E-state index contributed by atoms with van der Waals surface area (Å²) in [6, 6.07) is 10.5. The molecule has 0 aliphatic carbocycles. The number of benzene rings is 1. The van der Waals surface area contributed by atoms with Crippen molar-refractivity contribution in [1.29, 1.82) is 0 Å². The summed E-state index contributed by atoms with van der Waals surface area (Å²) in [5.41, 5.74) is 2.42. The molecule has 2 rings (SSSR count). The van der Waals surface area contributed by atoms with Crippen LogP contribution >= 0.6 is 11.3 Å². The van der Waals surface area contributed by atoms with Gasteiger partial charge < -0.3 is 15.4 Å². The molecule has 4 nitrogen and oxygen atoms in total. The van der Waals surface area contributed by atoms with Crippen LogP contribution in [0.15, 0.2) is 40.7 Å². The maximum absolute atomic E-state index is 5.38. The van der Waals surface area contributed by atoms with Gasteiger partial charge in [0.25, 0.3) is 0 Å². The molecule has 1 heterocycles. The van der Waals surface area contributed by atoms with Gasteiger partial charge in [-0.2, -0.15) is 0 Å². The number of methoxy groups -OCH3 is 1. The van der Waals surface area contributed by atoms with E-state index >= 15 is 0 Å². The Balaban J connectivity index is 1.87. The molecule has 1 aromatic heterocycles. The van der Waals surface area contributed by atoms with Crippen LogP contribution in [-0.2, 0) is 13.0 Å². The first-order valence-corrected chi connectivity index (χ1v) is 8.79. The molecule has 0 saturated heterocycles. The fraction of sp³-hybridized carbons (Fsp3) is 0.389. The highest BCUT2D eigenvalue weighted by molar-refractivity contribution is 7.09. The summed E-state index contributed by atoms with van der Waals surface area (Å²) in [5.74, 6) is 1.81. The Morgan fingerprint density at radius 3 is 2.83 bits per heavy atom. The zero-order valence-corrected chi connectivity index (χ0v) is 14.9. The molecule has 0 aliphatic rings. The number of aliphatic imine (C=N–C) groups is 1. The van der Waals surface area contributed by atoms with E-state index in [9.17, 15) is 0 Å². The molecule has 23 heavy (non-hydrogen) atoms. The number of nitrogens with zero attached hydrogens (tertiary/aromatic N) is 1. The van der Waals surface area contributed by atoms with Gasteiger partial charge in [0.2, 0.25) is 0 Å². The molecule has 124 valence electrons.